The fourth-order valence-corrected chi connectivity index (χ4v) is 1.20. The van der Waals surface area contributed by atoms with Gasteiger partial charge in [-0.1, -0.05) is 0 Å². The summed E-state index contributed by atoms with van der Waals surface area (Å²) in [6, 6.07) is 0. The molecule has 2 aromatic heterocycles. The van der Waals surface area contributed by atoms with Gasteiger partial charge in [-0.2, -0.15) is 5.10 Å². The molecule has 0 saturated carbocycles. The Morgan fingerprint density at radius 1 is 1.54 bits per heavy atom. The van der Waals surface area contributed by atoms with Crippen molar-refractivity contribution < 1.29 is 0 Å². The number of aryl methyl sites for hydroxylation is 1. The Morgan fingerprint density at radius 3 is 2.77 bits per heavy atom. The third-order valence-electron chi connectivity index (χ3n) is 2.01. The first-order chi connectivity index (χ1) is 6.18. The van der Waals surface area contributed by atoms with Gasteiger partial charge in [0.25, 0.3) is 0 Å². The van der Waals surface area contributed by atoms with E-state index >= 15 is 0 Å². The summed E-state index contributed by atoms with van der Waals surface area (Å²) in [6.07, 6.45) is 3.66. The van der Waals surface area contributed by atoms with Crippen LogP contribution in [0.5, 0.6) is 0 Å². The minimum Gasteiger partial charge on any atom is -0.382 e. The van der Waals surface area contributed by atoms with E-state index < -0.39 is 0 Å². The Hall–Kier alpha value is -1.78. The molecule has 3 N–H and O–H groups in total. The quantitative estimate of drug-likeness (QED) is 0.673. The van der Waals surface area contributed by atoms with Crippen LogP contribution < -0.4 is 5.73 Å². The molecule has 13 heavy (non-hydrogen) atoms. The van der Waals surface area contributed by atoms with Crippen molar-refractivity contribution in [2.45, 2.75) is 6.92 Å². The van der Waals surface area contributed by atoms with Crippen LogP contribution in [0.1, 0.15) is 5.56 Å². The smallest absolute Gasteiger partial charge is 0.148 e. The first kappa shape index (κ1) is 7.85. The van der Waals surface area contributed by atoms with E-state index in [1.54, 1.807) is 6.33 Å². The normalized spacial score (nSPS) is 10.6. The lowest BCUT2D eigenvalue weighted by Crippen LogP contribution is -1.86. The Morgan fingerprint density at radius 2 is 2.31 bits per heavy atom. The van der Waals surface area contributed by atoms with E-state index in [0.717, 1.165) is 17.0 Å². The van der Waals surface area contributed by atoms with Crippen molar-refractivity contribution in [1.29, 1.82) is 0 Å². The molecule has 0 aliphatic heterocycles. The molecule has 0 aliphatic carbocycles. The van der Waals surface area contributed by atoms with Gasteiger partial charge in [0.15, 0.2) is 0 Å². The predicted octanol–water partition coefficient (Wildman–Crippen LogP) is 0.701. The molecule has 0 saturated heterocycles. The molecule has 68 valence electrons. The van der Waals surface area contributed by atoms with Crippen molar-refractivity contribution in [1.82, 2.24) is 19.7 Å². The minimum atomic E-state index is 0.528. The SMILES string of the molecule is Cc1c(N)n[nH]c1-c1cn(C)cn1. The first-order valence-electron chi connectivity index (χ1n) is 3.97. The van der Waals surface area contributed by atoms with Gasteiger partial charge in [0, 0.05) is 18.8 Å². The van der Waals surface area contributed by atoms with Crippen LogP contribution in [-0.2, 0) is 7.05 Å². The zero-order valence-electron chi connectivity index (χ0n) is 7.57. The lowest BCUT2D eigenvalue weighted by molar-refractivity contribution is 0.913. The highest BCUT2D eigenvalue weighted by Crippen LogP contribution is 2.21. The molecular weight excluding hydrogens is 166 g/mol. The number of hydrogen-bond donors (Lipinski definition) is 2. The molecule has 0 fully saturated rings. The Balaban J connectivity index is 2.52. The van der Waals surface area contributed by atoms with Crippen LogP contribution in [0, 0.1) is 6.92 Å². The summed E-state index contributed by atoms with van der Waals surface area (Å²) in [5.41, 5.74) is 8.30. The summed E-state index contributed by atoms with van der Waals surface area (Å²) in [5, 5.41) is 6.76. The maximum Gasteiger partial charge on any atom is 0.148 e. The van der Waals surface area contributed by atoms with Crippen LogP contribution in [0.3, 0.4) is 0 Å². The molecule has 2 aromatic rings. The molecule has 5 nitrogen and oxygen atoms in total. The van der Waals surface area contributed by atoms with Gasteiger partial charge in [-0.05, 0) is 6.92 Å². The number of imidazole rings is 1. The molecular formula is C8H11N5. The van der Waals surface area contributed by atoms with E-state index in [4.69, 9.17) is 5.73 Å². The second-order valence-electron chi connectivity index (χ2n) is 3.03. The number of nitrogen functional groups attached to an aromatic ring is 1. The van der Waals surface area contributed by atoms with Crippen LogP contribution in [-0.4, -0.2) is 19.7 Å². The number of aromatic nitrogens is 4. The number of rotatable bonds is 1. The molecule has 0 aromatic carbocycles. The van der Waals surface area contributed by atoms with Crippen LogP contribution in [0.25, 0.3) is 11.4 Å². The number of hydrogen-bond acceptors (Lipinski definition) is 3. The molecule has 0 spiro atoms. The average molecular weight is 177 g/mol. The van der Waals surface area contributed by atoms with Crippen molar-refractivity contribution in [3.05, 3.63) is 18.1 Å². The zero-order valence-corrected chi connectivity index (χ0v) is 7.57. The van der Waals surface area contributed by atoms with Crippen molar-refractivity contribution in [2.24, 2.45) is 7.05 Å². The maximum atomic E-state index is 5.61. The van der Waals surface area contributed by atoms with Gasteiger partial charge in [0.2, 0.25) is 0 Å². The zero-order chi connectivity index (χ0) is 9.42. The highest BCUT2D eigenvalue weighted by atomic mass is 15.2. The second kappa shape index (κ2) is 2.62. The summed E-state index contributed by atoms with van der Waals surface area (Å²) in [7, 11) is 1.92. The fraction of sp³-hybridized carbons (Fsp3) is 0.250. The lowest BCUT2D eigenvalue weighted by atomic mass is 10.2. The Labute approximate surface area is 75.6 Å². The number of H-pyrrole nitrogens is 1. The van der Waals surface area contributed by atoms with E-state index in [1.807, 2.05) is 24.7 Å². The molecule has 5 heteroatoms. The number of nitrogens with two attached hydrogens (primary N) is 1. The fourth-order valence-electron chi connectivity index (χ4n) is 1.20. The molecule has 0 unspecified atom stereocenters. The third-order valence-corrected chi connectivity index (χ3v) is 2.01. The summed E-state index contributed by atoms with van der Waals surface area (Å²) < 4.78 is 1.88. The molecule has 0 atom stereocenters. The molecule has 0 amide bonds. The molecule has 0 aliphatic rings. The van der Waals surface area contributed by atoms with Crippen LogP contribution in [0.4, 0.5) is 5.82 Å². The number of nitrogens with zero attached hydrogens (tertiary/aromatic N) is 3. The van der Waals surface area contributed by atoms with Crippen LogP contribution >= 0.6 is 0 Å². The van der Waals surface area contributed by atoms with Gasteiger partial charge >= 0.3 is 0 Å². The minimum absolute atomic E-state index is 0.528. The molecule has 2 rings (SSSR count). The predicted molar refractivity (Wildman–Crippen MR) is 49.9 cm³/mol. The topological polar surface area (TPSA) is 72.5 Å². The van der Waals surface area contributed by atoms with E-state index in [2.05, 4.69) is 15.2 Å². The Bertz CT molecular complexity index is 425. The van der Waals surface area contributed by atoms with Gasteiger partial charge in [0.05, 0.1) is 12.0 Å². The van der Waals surface area contributed by atoms with E-state index in [-0.39, 0.29) is 0 Å². The van der Waals surface area contributed by atoms with Gasteiger partial charge < -0.3 is 10.3 Å². The van der Waals surface area contributed by atoms with Gasteiger partial charge in [-0.25, -0.2) is 4.98 Å². The molecule has 2 heterocycles. The number of aromatic amines is 1. The van der Waals surface area contributed by atoms with Crippen molar-refractivity contribution >= 4 is 5.82 Å². The monoisotopic (exact) mass is 177 g/mol. The van der Waals surface area contributed by atoms with Gasteiger partial charge in [-0.15, -0.1) is 0 Å². The molecule has 0 radical (unpaired) electrons. The summed E-state index contributed by atoms with van der Waals surface area (Å²) in [4.78, 5) is 4.20. The van der Waals surface area contributed by atoms with E-state index in [9.17, 15) is 0 Å². The number of nitrogens with one attached hydrogen (secondary N) is 1. The van der Waals surface area contributed by atoms with Crippen molar-refractivity contribution in [3.63, 3.8) is 0 Å². The summed E-state index contributed by atoms with van der Waals surface area (Å²) >= 11 is 0. The van der Waals surface area contributed by atoms with Crippen LogP contribution in [0.15, 0.2) is 12.5 Å². The summed E-state index contributed by atoms with van der Waals surface area (Å²) in [6.45, 7) is 1.92. The van der Waals surface area contributed by atoms with Crippen LogP contribution in [0.2, 0.25) is 0 Å². The first-order valence-corrected chi connectivity index (χ1v) is 3.97. The molecule has 0 bridgehead atoms. The maximum absolute atomic E-state index is 5.61. The highest BCUT2D eigenvalue weighted by Gasteiger charge is 2.09. The van der Waals surface area contributed by atoms with Gasteiger partial charge in [0.1, 0.15) is 11.5 Å². The standard InChI is InChI=1S/C8H11N5/c1-5-7(11-12-8(5)9)6-3-13(2)4-10-6/h3-4H,1-2H3,(H3,9,11,12). The van der Waals surface area contributed by atoms with E-state index in [1.165, 1.54) is 0 Å². The number of anilines is 1. The van der Waals surface area contributed by atoms with Crippen molar-refractivity contribution in [2.75, 3.05) is 5.73 Å². The summed E-state index contributed by atoms with van der Waals surface area (Å²) in [5.74, 6) is 0.528. The third kappa shape index (κ3) is 1.18. The Kier molecular flexibility index (Phi) is 1.58. The largest absolute Gasteiger partial charge is 0.382 e. The van der Waals surface area contributed by atoms with E-state index in [0.29, 0.717) is 5.82 Å². The van der Waals surface area contributed by atoms with Gasteiger partial charge in [-0.3, -0.25) is 5.10 Å². The lowest BCUT2D eigenvalue weighted by Gasteiger charge is -1.92. The van der Waals surface area contributed by atoms with Crippen molar-refractivity contribution in [3.8, 4) is 11.4 Å². The average Bonchev–Trinajstić information content (AvgIpc) is 2.62. The second-order valence-corrected chi connectivity index (χ2v) is 3.03. The highest BCUT2D eigenvalue weighted by molar-refractivity contribution is 5.63.